The van der Waals surface area contributed by atoms with Crippen LogP contribution in [-0.4, -0.2) is 24.3 Å². The van der Waals surface area contributed by atoms with Crippen molar-refractivity contribution in [2.24, 2.45) is 0 Å². The van der Waals surface area contributed by atoms with Gasteiger partial charge in [-0.25, -0.2) is 4.79 Å². The van der Waals surface area contributed by atoms with Crippen molar-refractivity contribution < 1.29 is 14.6 Å². The van der Waals surface area contributed by atoms with Gasteiger partial charge in [-0.05, 0) is 32.3 Å². The molecule has 1 atom stereocenters. The van der Waals surface area contributed by atoms with Gasteiger partial charge in [0.15, 0.2) is 6.10 Å². The lowest BCUT2D eigenvalue weighted by Crippen LogP contribution is -2.35. The van der Waals surface area contributed by atoms with Crippen molar-refractivity contribution in [1.82, 2.24) is 0 Å². The lowest BCUT2D eigenvalue weighted by atomic mass is 9.88. The average molecular weight is 234 g/mol. The molecule has 1 unspecified atom stereocenters. The topological polar surface area (TPSA) is 46.5 Å². The first-order chi connectivity index (χ1) is 7.99. The van der Waals surface area contributed by atoms with Crippen LogP contribution in [-0.2, 0) is 14.9 Å². The highest BCUT2D eigenvalue weighted by Gasteiger charge is 2.54. The van der Waals surface area contributed by atoms with Gasteiger partial charge in [-0.15, -0.1) is 0 Å². The van der Waals surface area contributed by atoms with Crippen LogP contribution in [0, 0.1) is 13.8 Å². The minimum atomic E-state index is -0.871. The number of hydrogen-bond donors (Lipinski definition) is 1. The molecule has 0 bridgehead atoms. The van der Waals surface area contributed by atoms with Crippen molar-refractivity contribution in [2.45, 2.75) is 38.2 Å². The molecule has 3 heteroatoms. The van der Waals surface area contributed by atoms with Crippen molar-refractivity contribution in [3.8, 4) is 0 Å². The summed E-state index contributed by atoms with van der Waals surface area (Å²) in [6, 6.07) is 6.26. The summed E-state index contributed by atoms with van der Waals surface area (Å²) in [5.74, 6) is -0.871. The van der Waals surface area contributed by atoms with E-state index in [0.29, 0.717) is 0 Å². The van der Waals surface area contributed by atoms with Crippen LogP contribution >= 0.6 is 0 Å². The summed E-state index contributed by atoms with van der Waals surface area (Å²) >= 11 is 0. The molecule has 1 N–H and O–H groups in total. The molecule has 17 heavy (non-hydrogen) atoms. The van der Waals surface area contributed by atoms with E-state index >= 15 is 0 Å². The van der Waals surface area contributed by atoms with Gasteiger partial charge in [-0.3, -0.25) is 0 Å². The number of carbonyl (C=O) groups is 1. The van der Waals surface area contributed by atoms with Gasteiger partial charge in [-0.1, -0.05) is 29.3 Å². The monoisotopic (exact) mass is 234 g/mol. The van der Waals surface area contributed by atoms with Gasteiger partial charge in [-0.2, -0.15) is 0 Å². The Kier molecular flexibility index (Phi) is 2.96. The average Bonchev–Trinajstić information content (AvgIpc) is 2.98. The van der Waals surface area contributed by atoms with Gasteiger partial charge in [0, 0.05) is 12.5 Å². The molecule has 1 fully saturated rings. The molecule has 0 aliphatic heterocycles. The Bertz CT molecular complexity index is 427. The summed E-state index contributed by atoms with van der Waals surface area (Å²) in [6.45, 7) is 4.07. The summed E-state index contributed by atoms with van der Waals surface area (Å²) in [4.78, 5) is 11.2. The Morgan fingerprint density at radius 2 is 1.82 bits per heavy atom. The second-order valence-corrected chi connectivity index (χ2v) is 4.99. The minimum absolute atomic E-state index is 0.308. The normalized spacial score (nSPS) is 18.8. The van der Waals surface area contributed by atoms with Gasteiger partial charge in [0.2, 0.25) is 0 Å². The molecule has 1 aromatic carbocycles. The van der Waals surface area contributed by atoms with Gasteiger partial charge >= 0.3 is 5.97 Å². The lowest BCUT2D eigenvalue weighted by molar-refractivity contribution is -0.150. The van der Waals surface area contributed by atoms with Crippen LogP contribution in [0.25, 0.3) is 0 Å². The first kappa shape index (κ1) is 12.1. The molecule has 1 aromatic rings. The van der Waals surface area contributed by atoms with Crippen molar-refractivity contribution in [3.63, 3.8) is 0 Å². The first-order valence-corrected chi connectivity index (χ1v) is 5.84. The van der Waals surface area contributed by atoms with E-state index in [0.717, 1.165) is 18.4 Å². The first-order valence-electron chi connectivity index (χ1n) is 5.84. The molecule has 0 saturated heterocycles. The molecule has 0 spiro atoms. The van der Waals surface area contributed by atoms with Crippen molar-refractivity contribution >= 4 is 5.97 Å². The Labute approximate surface area is 101 Å². The summed E-state index contributed by atoms with van der Waals surface area (Å²) < 4.78 is 5.17. The number of methoxy groups -OCH3 is 1. The van der Waals surface area contributed by atoms with Gasteiger partial charge in [0.05, 0.1) is 0 Å². The van der Waals surface area contributed by atoms with Crippen LogP contribution in [0.2, 0.25) is 0 Å². The maximum absolute atomic E-state index is 11.2. The van der Waals surface area contributed by atoms with E-state index in [4.69, 9.17) is 4.74 Å². The van der Waals surface area contributed by atoms with Crippen molar-refractivity contribution in [1.29, 1.82) is 0 Å². The number of ether oxygens (including phenoxy) is 1. The summed E-state index contributed by atoms with van der Waals surface area (Å²) in [5.41, 5.74) is 3.14. The summed E-state index contributed by atoms with van der Waals surface area (Å²) in [7, 11) is 1.47. The maximum atomic E-state index is 11.2. The summed E-state index contributed by atoms with van der Waals surface area (Å²) in [5, 5.41) is 9.22. The molecule has 2 rings (SSSR count). The fourth-order valence-electron chi connectivity index (χ4n) is 2.66. The molecular formula is C14H18O3. The molecule has 1 saturated carbocycles. The smallest absolute Gasteiger partial charge is 0.333 e. The Morgan fingerprint density at radius 1 is 1.29 bits per heavy atom. The zero-order valence-electron chi connectivity index (χ0n) is 10.5. The van der Waals surface area contributed by atoms with Gasteiger partial charge in [0.1, 0.15) is 0 Å². The highest BCUT2D eigenvalue weighted by atomic mass is 16.5. The molecular weight excluding hydrogens is 216 g/mol. The highest BCUT2D eigenvalue weighted by Crippen LogP contribution is 2.52. The minimum Gasteiger partial charge on any atom is -0.479 e. The Morgan fingerprint density at radius 3 is 2.18 bits per heavy atom. The third-order valence-corrected chi connectivity index (χ3v) is 3.55. The van der Waals surface area contributed by atoms with Gasteiger partial charge < -0.3 is 9.84 Å². The second-order valence-electron chi connectivity index (χ2n) is 4.99. The molecule has 0 aromatic heterocycles. The predicted octanol–water partition coefficient (Wildman–Crippen LogP) is 2.43. The highest BCUT2D eigenvalue weighted by molar-refractivity contribution is 5.76. The van der Waals surface area contributed by atoms with Crippen LogP contribution in [0.3, 0.4) is 0 Å². The zero-order valence-corrected chi connectivity index (χ0v) is 10.5. The number of aryl methyl sites for hydroxylation is 2. The molecule has 0 amide bonds. The zero-order chi connectivity index (χ0) is 12.6. The molecule has 1 aliphatic rings. The van der Waals surface area contributed by atoms with Crippen LogP contribution in [0.4, 0.5) is 0 Å². The van der Waals surface area contributed by atoms with E-state index in [9.17, 15) is 9.90 Å². The molecule has 92 valence electrons. The molecule has 0 radical (unpaired) electrons. The lowest BCUT2D eigenvalue weighted by Gasteiger charge is -2.23. The van der Waals surface area contributed by atoms with E-state index in [1.165, 1.54) is 18.2 Å². The van der Waals surface area contributed by atoms with E-state index < -0.39 is 12.1 Å². The third-order valence-electron chi connectivity index (χ3n) is 3.55. The van der Waals surface area contributed by atoms with Crippen LogP contribution < -0.4 is 0 Å². The van der Waals surface area contributed by atoms with Crippen LogP contribution in [0.15, 0.2) is 18.2 Å². The Hall–Kier alpha value is -1.35. The van der Waals surface area contributed by atoms with E-state index in [1.807, 2.05) is 13.8 Å². The quantitative estimate of drug-likeness (QED) is 0.870. The maximum Gasteiger partial charge on any atom is 0.333 e. The number of aliphatic carboxylic acids is 1. The second kappa shape index (κ2) is 4.15. The number of benzene rings is 1. The van der Waals surface area contributed by atoms with Crippen molar-refractivity contribution in [2.75, 3.05) is 7.11 Å². The fraction of sp³-hybridized carbons (Fsp3) is 0.500. The van der Waals surface area contributed by atoms with Gasteiger partial charge in [0.25, 0.3) is 0 Å². The standard InChI is InChI=1S/C14H18O3/c1-9-6-10(2)8-11(7-9)14(4-5-14)12(17-3)13(15)16/h6-8,12H,4-5H2,1-3H3,(H,15,16). The Balaban J connectivity index is 2.41. The van der Waals surface area contributed by atoms with E-state index in [2.05, 4.69) is 18.2 Å². The summed E-state index contributed by atoms with van der Waals surface area (Å²) in [6.07, 6.45) is 1.05. The van der Waals surface area contributed by atoms with Crippen molar-refractivity contribution in [3.05, 3.63) is 34.9 Å². The van der Waals surface area contributed by atoms with Crippen LogP contribution in [0.1, 0.15) is 29.5 Å². The van der Waals surface area contributed by atoms with E-state index in [-0.39, 0.29) is 5.41 Å². The van der Waals surface area contributed by atoms with E-state index in [1.54, 1.807) is 0 Å². The third kappa shape index (κ3) is 2.07. The molecule has 1 aliphatic carbocycles. The largest absolute Gasteiger partial charge is 0.479 e. The fourth-order valence-corrected chi connectivity index (χ4v) is 2.66. The molecule has 0 heterocycles. The number of rotatable bonds is 4. The number of carboxylic acid groups (broad SMARTS) is 1. The number of hydrogen-bond acceptors (Lipinski definition) is 2. The molecule has 3 nitrogen and oxygen atoms in total. The SMILES string of the molecule is COC(C(=O)O)C1(c2cc(C)cc(C)c2)CC1. The van der Waals surface area contributed by atoms with Crippen LogP contribution in [0.5, 0.6) is 0 Å². The predicted molar refractivity (Wildman–Crippen MR) is 65.3 cm³/mol. The number of carboxylic acids is 1.